The van der Waals surface area contributed by atoms with Crippen LogP contribution in [0.4, 0.5) is 0 Å². The molecule has 2 nitrogen and oxygen atoms in total. The second-order valence-corrected chi connectivity index (χ2v) is 7.74. The highest BCUT2D eigenvalue weighted by molar-refractivity contribution is 4.95. The molecule has 0 saturated carbocycles. The second-order valence-electron chi connectivity index (χ2n) is 7.74. The lowest BCUT2D eigenvalue weighted by Crippen LogP contribution is -2.20. The normalized spacial score (nSPS) is 17.2. The monoisotopic (exact) mass is 295 g/mol. The number of hydrogen-bond donors (Lipinski definition) is 1. The molecular weight excluding hydrogens is 258 g/mol. The number of nitrogens with zero attached hydrogens (tertiary/aromatic N) is 1. The summed E-state index contributed by atoms with van der Waals surface area (Å²) in [5.41, 5.74) is -1.13. The van der Waals surface area contributed by atoms with Gasteiger partial charge in [-0.1, -0.05) is 72.6 Å². The molecule has 0 aliphatic rings. The maximum atomic E-state index is 9.65. The van der Waals surface area contributed by atoms with Crippen molar-refractivity contribution in [3.8, 4) is 6.07 Å². The molecule has 0 radical (unpaired) electrons. The number of aliphatic hydroxyl groups is 1. The third-order valence-electron chi connectivity index (χ3n) is 4.47. The summed E-state index contributed by atoms with van der Waals surface area (Å²) in [6.45, 7) is 10.9. The van der Waals surface area contributed by atoms with E-state index in [0.717, 1.165) is 24.7 Å². The van der Waals surface area contributed by atoms with Gasteiger partial charge in [0.2, 0.25) is 0 Å². The Morgan fingerprint density at radius 2 is 1.29 bits per heavy atom. The Labute approximate surface area is 132 Å². The van der Waals surface area contributed by atoms with Crippen molar-refractivity contribution in [3.05, 3.63) is 0 Å². The summed E-state index contributed by atoms with van der Waals surface area (Å²) in [4.78, 5) is 0. The van der Waals surface area contributed by atoms with Crippen LogP contribution in [0.3, 0.4) is 0 Å². The fourth-order valence-electron chi connectivity index (χ4n) is 2.83. The van der Waals surface area contributed by atoms with Crippen molar-refractivity contribution in [2.75, 3.05) is 0 Å². The van der Waals surface area contributed by atoms with Gasteiger partial charge in [-0.3, -0.25) is 0 Å². The SMILES string of the molecule is CC(C)CCC[C@@H](C)CCC[C@@H](C)CCC[C@@](C)(O)C#N. The highest BCUT2D eigenvalue weighted by Gasteiger charge is 2.18. The summed E-state index contributed by atoms with van der Waals surface area (Å²) < 4.78 is 0. The van der Waals surface area contributed by atoms with Gasteiger partial charge in [0.1, 0.15) is 5.60 Å². The molecule has 0 aromatic carbocycles. The van der Waals surface area contributed by atoms with E-state index in [1.165, 1.54) is 38.5 Å². The van der Waals surface area contributed by atoms with E-state index >= 15 is 0 Å². The highest BCUT2D eigenvalue weighted by Crippen LogP contribution is 2.22. The zero-order valence-corrected chi connectivity index (χ0v) is 15.0. The summed E-state index contributed by atoms with van der Waals surface area (Å²) in [6.07, 6.45) is 10.7. The third-order valence-corrected chi connectivity index (χ3v) is 4.47. The molecule has 3 atom stereocenters. The van der Waals surface area contributed by atoms with Crippen molar-refractivity contribution in [1.82, 2.24) is 0 Å². The zero-order chi connectivity index (χ0) is 16.3. The van der Waals surface area contributed by atoms with Gasteiger partial charge in [-0.15, -0.1) is 0 Å². The molecule has 0 aliphatic carbocycles. The van der Waals surface area contributed by atoms with E-state index in [2.05, 4.69) is 27.7 Å². The van der Waals surface area contributed by atoms with Crippen LogP contribution in [0.1, 0.15) is 92.4 Å². The van der Waals surface area contributed by atoms with Gasteiger partial charge >= 0.3 is 0 Å². The fraction of sp³-hybridized carbons (Fsp3) is 0.947. The summed E-state index contributed by atoms with van der Waals surface area (Å²) in [5, 5.41) is 18.4. The van der Waals surface area contributed by atoms with Gasteiger partial charge in [-0.05, 0) is 37.5 Å². The van der Waals surface area contributed by atoms with Crippen LogP contribution in [-0.2, 0) is 0 Å². The third kappa shape index (κ3) is 12.9. The molecule has 0 amide bonds. The minimum Gasteiger partial charge on any atom is -0.376 e. The lowest BCUT2D eigenvalue weighted by molar-refractivity contribution is 0.105. The Hall–Kier alpha value is -0.550. The standard InChI is InChI=1S/C19H37NO/c1-16(2)9-6-10-17(3)11-7-12-18(4)13-8-14-19(5,21)15-20/h16-18,21H,6-14H2,1-5H3/t17-,18-,19-/m1/s1. The van der Waals surface area contributed by atoms with E-state index in [0.29, 0.717) is 12.3 Å². The Morgan fingerprint density at radius 1 is 0.857 bits per heavy atom. The van der Waals surface area contributed by atoms with Gasteiger partial charge in [0.05, 0.1) is 6.07 Å². The smallest absolute Gasteiger partial charge is 0.148 e. The van der Waals surface area contributed by atoms with Crippen LogP contribution in [0, 0.1) is 29.1 Å². The molecule has 124 valence electrons. The summed E-state index contributed by atoms with van der Waals surface area (Å²) in [5.74, 6) is 2.40. The van der Waals surface area contributed by atoms with Crippen LogP contribution in [0.25, 0.3) is 0 Å². The number of nitriles is 1. The molecule has 0 aromatic heterocycles. The predicted octanol–water partition coefficient (Wildman–Crippen LogP) is 5.70. The largest absolute Gasteiger partial charge is 0.376 e. The van der Waals surface area contributed by atoms with E-state index in [9.17, 15) is 5.11 Å². The van der Waals surface area contributed by atoms with Gasteiger partial charge in [-0.2, -0.15) is 5.26 Å². The molecule has 0 saturated heterocycles. The van der Waals surface area contributed by atoms with E-state index < -0.39 is 5.60 Å². The van der Waals surface area contributed by atoms with Crippen LogP contribution in [0.2, 0.25) is 0 Å². The van der Waals surface area contributed by atoms with E-state index in [1.807, 2.05) is 6.07 Å². The van der Waals surface area contributed by atoms with Crippen LogP contribution < -0.4 is 0 Å². The average molecular weight is 296 g/mol. The van der Waals surface area contributed by atoms with Crippen molar-refractivity contribution >= 4 is 0 Å². The molecule has 0 fully saturated rings. The maximum Gasteiger partial charge on any atom is 0.148 e. The molecule has 0 heterocycles. The molecule has 2 heteroatoms. The Balaban J connectivity index is 3.57. The van der Waals surface area contributed by atoms with Gasteiger partial charge in [0, 0.05) is 0 Å². The molecule has 0 aromatic rings. The predicted molar refractivity (Wildman–Crippen MR) is 91.0 cm³/mol. The average Bonchev–Trinajstić information content (AvgIpc) is 2.38. The van der Waals surface area contributed by atoms with Gasteiger partial charge in [-0.25, -0.2) is 0 Å². The zero-order valence-electron chi connectivity index (χ0n) is 15.0. The molecule has 0 spiro atoms. The Kier molecular flexibility index (Phi) is 10.8. The van der Waals surface area contributed by atoms with Crippen LogP contribution in [0.5, 0.6) is 0 Å². The Bertz CT molecular complexity index is 290. The number of hydrogen-bond acceptors (Lipinski definition) is 2. The first-order valence-electron chi connectivity index (χ1n) is 8.90. The van der Waals surface area contributed by atoms with Crippen LogP contribution >= 0.6 is 0 Å². The topological polar surface area (TPSA) is 44.0 Å². The van der Waals surface area contributed by atoms with Gasteiger partial charge in [0.25, 0.3) is 0 Å². The second kappa shape index (κ2) is 11.1. The molecule has 0 bridgehead atoms. The molecule has 21 heavy (non-hydrogen) atoms. The van der Waals surface area contributed by atoms with Crippen LogP contribution in [0.15, 0.2) is 0 Å². The maximum absolute atomic E-state index is 9.65. The quantitative estimate of drug-likeness (QED) is 0.469. The van der Waals surface area contributed by atoms with Crippen LogP contribution in [-0.4, -0.2) is 10.7 Å². The summed E-state index contributed by atoms with van der Waals surface area (Å²) in [6, 6.07) is 1.96. The molecule has 1 N–H and O–H groups in total. The van der Waals surface area contributed by atoms with Gasteiger partial charge in [0.15, 0.2) is 0 Å². The van der Waals surface area contributed by atoms with E-state index in [-0.39, 0.29) is 0 Å². The van der Waals surface area contributed by atoms with Crippen molar-refractivity contribution < 1.29 is 5.11 Å². The molecule has 0 unspecified atom stereocenters. The Morgan fingerprint density at radius 3 is 1.71 bits per heavy atom. The molecule has 0 aliphatic heterocycles. The summed E-state index contributed by atoms with van der Waals surface area (Å²) >= 11 is 0. The van der Waals surface area contributed by atoms with Gasteiger partial charge < -0.3 is 5.11 Å². The van der Waals surface area contributed by atoms with Crippen molar-refractivity contribution in [2.24, 2.45) is 17.8 Å². The first-order chi connectivity index (χ1) is 9.76. The van der Waals surface area contributed by atoms with E-state index in [1.54, 1.807) is 6.92 Å². The first-order valence-corrected chi connectivity index (χ1v) is 8.90. The molecule has 0 rings (SSSR count). The van der Waals surface area contributed by atoms with Crippen molar-refractivity contribution in [2.45, 2.75) is 98.0 Å². The molecular formula is C19H37NO. The summed E-state index contributed by atoms with van der Waals surface area (Å²) in [7, 11) is 0. The lowest BCUT2D eigenvalue weighted by Gasteiger charge is -2.17. The van der Waals surface area contributed by atoms with Crippen molar-refractivity contribution in [3.63, 3.8) is 0 Å². The minimum atomic E-state index is -1.13. The minimum absolute atomic E-state index is 0.597. The van der Waals surface area contributed by atoms with E-state index in [4.69, 9.17) is 5.26 Å². The lowest BCUT2D eigenvalue weighted by atomic mass is 9.90. The first kappa shape index (κ1) is 20.5. The number of rotatable bonds is 12. The van der Waals surface area contributed by atoms with Crippen molar-refractivity contribution in [1.29, 1.82) is 5.26 Å². The highest BCUT2D eigenvalue weighted by atomic mass is 16.3. The fourth-order valence-corrected chi connectivity index (χ4v) is 2.83.